The van der Waals surface area contributed by atoms with Crippen molar-refractivity contribution in [3.05, 3.63) is 0 Å². The molecule has 1 atom stereocenters. The highest BCUT2D eigenvalue weighted by atomic mass is 32.2. The lowest BCUT2D eigenvalue weighted by Crippen LogP contribution is -2.47. The molecule has 0 saturated carbocycles. The van der Waals surface area contributed by atoms with E-state index in [-0.39, 0.29) is 0 Å². The van der Waals surface area contributed by atoms with Crippen LogP contribution in [0.1, 0.15) is 52.9 Å². The molecule has 1 saturated heterocycles. The Balaban J connectivity index is 2.35. The molecule has 0 spiro atoms. The molecule has 1 aliphatic heterocycles. The average molecular weight is 320 g/mol. The third-order valence-corrected chi connectivity index (χ3v) is 5.50. The molecule has 0 aromatic rings. The normalized spacial score (nSPS) is 21.0. The molecule has 0 amide bonds. The molecule has 0 aromatic heterocycles. The Hall–Kier alpha value is -0.170. The molecule has 1 unspecified atom stereocenters. The zero-order valence-electron chi connectivity index (χ0n) is 13.9. The Morgan fingerprint density at radius 3 is 2.71 bits per heavy atom. The molecule has 0 aromatic carbocycles. The summed E-state index contributed by atoms with van der Waals surface area (Å²) in [6.07, 6.45) is 5.17. The average Bonchev–Trinajstić information content (AvgIpc) is 2.44. The van der Waals surface area contributed by atoms with E-state index in [0.29, 0.717) is 31.5 Å². The van der Waals surface area contributed by atoms with Crippen LogP contribution in [-0.4, -0.2) is 45.4 Å². The van der Waals surface area contributed by atoms with Crippen molar-refractivity contribution in [2.75, 3.05) is 32.7 Å². The topological polar surface area (TPSA) is 61.4 Å². The zero-order chi connectivity index (χ0) is 15.7. The number of piperidine rings is 1. The lowest BCUT2D eigenvalue weighted by Gasteiger charge is -2.32. The summed E-state index contributed by atoms with van der Waals surface area (Å²) in [5.74, 6) is 1.07. The Morgan fingerprint density at radius 2 is 2.05 bits per heavy atom. The molecule has 2 N–H and O–H groups in total. The second-order valence-corrected chi connectivity index (χ2v) is 8.26. The summed E-state index contributed by atoms with van der Waals surface area (Å²) in [4.78, 5) is 0. The van der Waals surface area contributed by atoms with E-state index in [4.69, 9.17) is 0 Å². The van der Waals surface area contributed by atoms with Crippen LogP contribution in [0.2, 0.25) is 0 Å². The van der Waals surface area contributed by atoms with Gasteiger partial charge in [-0.15, -0.1) is 0 Å². The number of nitrogens with zero attached hydrogens (tertiary/aromatic N) is 1. The van der Waals surface area contributed by atoms with Crippen LogP contribution < -0.4 is 10.0 Å². The minimum absolute atomic E-state index is 0.442. The highest BCUT2D eigenvalue weighted by Gasteiger charge is 2.28. The van der Waals surface area contributed by atoms with Gasteiger partial charge in [0.25, 0.3) is 10.2 Å². The summed E-state index contributed by atoms with van der Waals surface area (Å²) in [6, 6.07) is 0. The van der Waals surface area contributed by atoms with Crippen LogP contribution in [0.25, 0.3) is 0 Å². The molecular weight excluding hydrogens is 286 g/mol. The van der Waals surface area contributed by atoms with Gasteiger partial charge in [-0.25, -0.2) is 4.72 Å². The van der Waals surface area contributed by atoms with Gasteiger partial charge in [0.15, 0.2) is 0 Å². The first-order valence-electron chi connectivity index (χ1n) is 8.41. The number of nitrogens with one attached hydrogen (secondary N) is 2. The third-order valence-electron chi connectivity index (χ3n) is 3.92. The fraction of sp³-hybridized carbons (Fsp3) is 1.00. The highest BCUT2D eigenvalue weighted by Crippen LogP contribution is 2.18. The van der Waals surface area contributed by atoms with Crippen molar-refractivity contribution in [1.82, 2.24) is 14.3 Å². The molecular formula is C15H33N3O2S. The van der Waals surface area contributed by atoms with Crippen LogP contribution in [-0.2, 0) is 10.2 Å². The van der Waals surface area contributed by atoms with E-state index in [1.165, 1.54) is 0 Å². The quantitative estimate of drug-likeness (QED) is 0.605. The molecule has 126 valence electrons. The van der Waals surface area contributed by atoms with E-state index < -0.39 is 10.2 Å². The summed E-state index contributed by atoms with van der Waals surface area (Å²) >= 11 is 0. The van der Waals surface area contributed by atoms with Gasteiger partial charge in [0.05, 0.1) is 0 Å². The van der Waals surface area contributed by atoms with Gasteiger partial charge in [-0.3, -0.25) is 0 Å². The Morgan fingerprint density at radius 1 is 1.29 bits per heavy atom. The summed E-state index contributed by atoms with van der Waals surface area (Å²) in [5, 5.41) is 3.40. The van der Waals surface area contributed by atoms with E-state index in [0.717, 1.165) is 45.2 Å². The van der Waals surface area contributed by atoms with Crippen LogP contribution >= 0.6 is 0 Å². The van der Waals surface area contributed by atoms with Gasteiger partial charge in [0.1, 0.15) is 0 Å². The molecule has 6 heteroatoms. The minimum atomic E-state index is -3.29. The van der Waals surface area contributed by atoms with Crippen LogP contribution in [0.15, 0.2) is 0 Å². The fourth-order valence-corrected chi connectivity index (χ4v) is 4.06. The van der Waals surface area contributed by atoms with Crippen LogP contribution in [0.5, 0.6) is 0 Å². The van der Waals surface area contributed by atoms with Gasteiger partial charge in [0, 0.05) is 19.6 Å². The standard InChI is InChI=1S/C15H33N3O2S/c1-4-9-16-12-15-8-6-11-18(13-15)21(19,20)17-10-5-7-14(2)3/h14-17H,4-13H2,1-3H3. The smallest absolute Gasteiger partial charge is 0.279 e. The largest absolute Gasteiger partial charge is 0.316 e. The lowest BCUT2D eigenvalue weighted by molar-refractivity contribution is 0.258. The SMILES string of the molecule is CCCNCC1CCCN(S(=O)(=O)NCCCC(C)C)C1. The summed E-state index contributed by atoms with van der Waals surface area (Å²) in [5.41, 5.74) is 0. The van der Waals surface area contributed by atoms with Crippen molar-refractivity contribution in [3.8, 4) is 0 Å². The molecule has 0 bridgehead atoms. The first-order chi connectivity index (χ1) is 9.95. The van der Waals surface area contributed by atoms with Crippen molar-refractivity contribution in [2.45, 2.75) is 52.9 Å². The van der Waals surface area contributed by atoms with Gasteiger partial charge in [0.2, 0.25) is 0 Å². The van der Waals surface area contributed by atoms with E-state index in [2.05, 4.69) is 30.8 Å². The molecule has 21 heavy (non-hydrogen) atoms. The van der Waals surface area contributed by atoms with Crippen molar-refractivity contribution in [3.63, 3.8) is 0 Å². The maximum absolute atomic E-state index is 12.3. The zero-order valence-corrected chi connectivity index (χ0v) is 14.7. The van der Waals surface area contributed by atoms with Crippen molar-refractivity contribution < 1.29 is 8.42 Å². The van der Waals surface area contributed by atoms with Gasteiger partial charge < -0.3 is 5.32 Å². The minimum Gasteiger partial charge on any atom is -0.316 e. The predicted molar refractivity (Wildman–Crippen MR) is 88.5 cm³/mol. The second-order valence-electron chi connectivity index (χ2n) is 6.51. The maximum Gasteiger partial charge on any atom is 0.279 e. The van der Waals surface area contributed by atoms with Crippen LogP contribution in [0.4, 0.5) is 0 Å². The van der Waals surface area contributed by atoms with E-state index in [1.54, 1.807) is 4.31 Å². The summed E-state index contributed by atoms with van der Waals surface area (Å²) in [6.45, 7) is 10.3. The second kappa shape index (κ2) is 9.77. The van der Waals surface area contributed by atoms with E-state index in [1.807, 2.05) is 0 Å². The Kier molecular flexibility index (Phi) is 8.78. The molecule has 1 fully saturated rings. The summed E-state index contributed by atoms with van der Waals surface area (Å²) < 4.78 is 29.0. The lowest BCUT2D eigenvalue weighted by atomic mass is 10.00. The van der Waals surface area contributed by atoms with Crippen LogP contribution in [0.3, 0.4) is 0 Å². The molecule has 5 nitrogen and oxygen atoms in total. The first-order valence-corrected chi connectivity index (χ1v) is 9.85. The summed E-state index contributed by atoms with van der Waals surface area (Å²) in [7, 11) is -3.29. The van der Waals surface area contributed by atoms with Gasteiger partial charge in [-0.1, -0.05) is 20.8 Å². The number of rotatable bonds is 10. The van der Waals surface area contributed by atoms with Gasteiger partial charge in [-0.05, 0) is 57.0 Å². The van der Waals surface area contributed by atoms with E-state index >= 15 is 0 Å². The molecule has 1 heterocycles. The molecule has 1 rings (SSSR count). The predicted octanol–water partition coefficient (Wildman–Crippen LogP) is 1.97. The maximum atomic E-state index is 12.3. The number of hydrogen-bond donors (Lipinski definition) is 2. The Bertz CT molecular complexity index is 371. The third kappa shape index (κ3) is 7.58. The monoisotopic (exact) mass is 319 g/mol. The van der Waals surface area contributed by atoms with Crippen molar-refractivity contribution >= 4 is 10.2 Å². The van der Waals surface area contributed by atoms with Crippen molar-refractivity contribution in [1.29, 1.82) is 0 Å². The molecule has 0 aliphatic carbocycles. The molecule has 0 radical (unpaired) electrons. The number of hydrogen-bond acceptors (Lipinski definition) is 3. The van der Waals surface area contributed by atoms with Gasteiger partial charge in [-0.2, -0.15) is 12.7 Å². The Labute approximate surface area is 131 Å². The van der Waals surface area contributed by atoms with Gasteiger partial charge >= 0.3 is 0 Å². The first kappa shape index (κ1) is 18.9. The fourth-order valence-electron chi connectivity index (χ4n) is 2.70. The highest BCUT2D eigenvalue weighted by molar-refractivity contribution is 7.87. The van der Waals surface area contributed by atoms with Crippen molar-refractivity contribution in [2.24, 2.45) is 11.8 Å². The molecule has 1 aliphatic rings. The van der Waals surface area contributed by atoms with Crippen LogP contribution in [0, 0.1) is 11.8 Å². The van der Waals surface area contributed by atoms with E-state index in [9.17, 15) is 8.42 Å².